The van der Waals surface area contributed by atoms with Gasteiger partial charge in [-0.25, -0.2) is 8.42 Å². The molecule has 9 heteroatoms. The Hall–Kier alpha value is -2.65. The van der Waals surface area contributed by atoms with Crippen LogP contribution in [-0.2, 0) is 27.5 Å². The van der Waals surface area contributed by atoms with E-state index >= 15 is 0 Å². The highest BCUT2D eigenvalue weighted by Crippen LogP contribution is 2.31. The lowest BCUT2D eigenvalue weighted by Gasteiger charge is -2.21. The maximum absolute atomic E-state index is 12.9. The van der Waals surface area contributed by atoms with Gasteiger partial charge in [0.15, 0.2) is 0 Å². The van der Waals surface area contributed by atoms with Crippen LogP contribution in [0, 0.1) is 0 Å². The van der Waals surface area contributed by atoms with E-state index in [0.717, 1.165) is 28.1 Å². The number of hydrogen-bond acceptors (Lipinski definition) is 3. The molecule has 150 valence electrons. The Labute approximate surface area is 161 Å². The Balaban J connectivity index is 2.17. The summed E-state index contributed by atoms with van der Waals surface area (Å²) in [6, 6.07) is 12.4. The third-order valence-electron chi connectivity index (χ3n) is 3.78. The summed E-state index contributed by atoms with van der Waals surface area (Å²) in [5.74, 6) is -0.582. The lowest BCUT2D eigenvalue weighted by Crippen LogP contribution is -2.40. The van der Waals surface area contributed by atoms with E-state index < -0.39 is 39.1 Å². The van der Waals surface area contributed by atoms with Gasteiger partial charge in [-0.1, -0.05) is 42.5 Å². The van der Waals surface area contributed by atoms with Gasteiger partial charge < -0.3 is 5.32 Å². The summed E-state index contributed by atoms with van der Waals surface area (Å²) >= 11 is 0. The first kappa shape index (κ1) is 21.6. The van der Waals surface area contributed by atoms with Crippen molar-refractivity contribution in [2.75, 3.05) is 13.1 Å². The molecule has 0 aliphatic carbocycles. The predicted molar refractivity (Wildman–Crippen MR) is 98.7 cm³/mol. The Morgan fingerprint density at radius 3 is 2.39 bits per heavy atom. The largest absolute Gasteiger partial charge is 0.416 e. The van der Waals surface area contributed by atoms with E-state index in [-0.39, 0.29) is 13.1 Å². The van der Waals surface area contributed by atoms with Crippen LogP contribution in [0.4, 0.5) is 13.2 Å². The molecule has 0 saturated heterocycles. The van der Waals surface area contributed by atoms with Crippen LogP contribution < -0.4 is 5.32 Å². The first-order valence-corrected chi connectivity index (χ1v) is 9.67. The highest BCUT2D eigenvalue weighted by Gasteiger charge is 2.33. The van der Waals surface area contributed by atoms with E-state index in [4.69, 9.17) is 0 Å². The second kappa shape index (κ2) is 9.03. The fourth-order valence-corrected chi connectivity index (χ4v) is 3.80. The smallest absolute Gasteiger partial charge is 0.351 e. The molecule has 0 radical (unpaired) electrons. The molecule has 0 heterocycles. The first-order valence-electron chi connectivity index (χ1n) is 8.23. The van der Waals surface area contributed by atoms with Gasteiger partial charge in [-0.05, 0) is 23.8 Å². The Bertz CT molecular complexity index is 929. The average Bonchev–Trinajstić information content (AvgIpc) is 2.66. The van der Waals surface area contributed by atoms with Crippen LogP contribution in [-0.4, -0.2) is 31.7 Å². The number of rotatable bonds is 8. The molecule has 0 fully saturated rings. The molecular weight excluding hydrogens is 393 g/mol. The van der Waals surface area contributed by atoms with Crippen molar-refractivity contribution in [3.63, 3.8) is 0 Å². The molecule has 0 saturated carbocycles. The molecular formula is C19H19F3N2O3S. The van der Waals surface area contributed by atoms with Crippen LogP contribution in [0.5, 0.6) is 0 Å². The SMILES string of the molecule is C=CCN(CC(=O)NCc1ccccc1)S(=O)(=O)c1cccc(C(F)(F)F)c1. The van der Waals surface area contributed by atoms with Gasteiger partial charge in [0.1, 0.15) is 0 Å². The number of carbonyl (C=O) groups excluding carboxylic acids is 1. The third-order valence-corrected chi connectivity index (χ3v) is 5.59. The van der Waals surface area contributed by atoms with E-state index in [1.54, 1.807) is 24.3 Å². The van der Waals surface area contributed by atoms with Crippen molar-refractivity contribution in [1.29, 1.82) is 0 Å². The number of nitrogens with one attached hydrogen (secondary N) is 1. The van der Waals surface area contributed by atoms with Crippen LogP contribution in [0.2, 0.25) is 0 Å². The zero-order chi connectivity index (χ0) is 20.8. The molecule has 5 nitrogen and oxygen atoms in total. The third kappa shape index (κ3) is 5.67. The number of halogens is 3. The maximum Gasteiger partial charge on any atom is 0.416 e. The molecule has 2 aromatic rings. The van der Waals surface area contributed by atoms with Gasteiger partial charge in [-0.15, -0.1) is 6.58 Å². The number of amides is 1. The van der Waals surface area contributed by atoms with Crippen LogP contribution in [0.25, 0.3) is 0 Å². The van der Waals surface area contributed by atoms with Gasteiger partial charge in [0.05, 0.1) is 17.0 Å². The molecule has 28 heavy (non-hydrogen) atoms. The molecule has 1 N–H and O–H groups in total. The van der Waals surface area contributed by atoms with E-state index in [2.05, 4.69) is 11.9 Å². The Morgan fingerprint density at radius 2 is 1.79 bits per heavy atom. The minimum atomic E-state index is -4.68. The molecule has 0 spiro atoms. The molecule has 1 amide bonds. The predicted octanol–water partition coefficient (Wildman–Crippen LogP) is 3.20. The number of carbonyl (C=O) groups is 1. The quantitative estimate of drug-likeness (QED) is 0.677. The zero-order valence-electron chi connectivity index (χ0n) is 14.8. The van der Waals surface area contributed by atoms with Crippen LogP contribution >= 0.6 is 0 Å². The minimum Gasteiger partial charge on any atom is -0.351 e. The maximum atomic E-state index is 12.9. The lowest BCUT2D eigenvalue weighted by atomic mass is 10.2. The summed E-state index contributed by atoms with van der Waals surface area (Å²) in [5.41, 5.74) is -0.257. The molecule has 0 aromatic heterocycles. The van der Waals surface area contributed by atoms with Crippen molar-refractivity contribution >= 4 is 15.9 Å². The summed E-state index contributed by atoms with van der Waals surface area (Å²) < 4.78 is 64.9. The van der Waals surface area contributed by atoms with Crippen molar-refractivity contribution in [3.8, 4) is 0 Å². The molecule has 0 bridgehead atoms. The number of hydrogen-bond donors (Lipinski definition) is 1. The normalized spacial score (nSPS) is 12.0. The van der Waals surface area contributed by atoms with Crippen LogP contribution in [0.15, 0.2) is 72.1 Å². The van der Waals surface area contributed by atoms with Crippen LogP contribution in [0.1, 0.15) is 11.1 Å². The van der Waals surface area contributed by atoms with Crippen molar-refractivity contribution in [2.24, 2.45) is 0 Å². The zero-order valence-corrected chi connectivity index (χ0v) is 15.6. The lowest BCUT2D eigenvalue weighted by molar-refractivity contribution is -0.137. The fraction of sp³-hybridized carbons (Fsp3) is 0.211. The van der Waals surface area contributed by atoms with Gasteiger partial charge >= 0.3 is 6.18 Å². The molecule has 0 aliphatic heterocycles. The van der Waals surface area contributed by atoms with E-state index in [9.17, 15) is 26.4 Å². The fourth-order valence-electron chi connectivity index (χ4n) is 2.39. The van der Waals surface area contributed by atoms with Crippen molar-refractivity contribution in [1.82, 2.24) is 9.62 Å². The van der Waals surface area contributed by atoms with Gasteiger partial charge in [-0.3, -0.25) is 4.79 Å². The number of benzene rings is 2. The summed E-state index contributed by atoms with van der Waals surface area (Å²) in [6.07, 6.45) is -3.42. The second-order valence-electron chi connectivity index (χ2n) is 5.87. The topological polar surface area (TPSA) is 66.5 Å². The van der Waals surface area contributed by atoms with Crippen LogP contribution in [0.3, 0.4) is 0 Å². The highest BCUT2D eigenvalue weighted by molar-refractivity contribution is 7.89. The van der Waals surface area contributed by atoms with Crippen molar-refractivity contribution in [2.45, 2.75) is 17.6 Å². The van der Waals surface area contributed by atoms with E-state index in [1.807, 2.05) is 6.07 Å². The summed E-state index contributed by atoms with van der Waals surface area (Å²) in [6.45, 7) is 2.88. The summed E-state index contributed by atoms with van der Waals surface area (Å²) in [7, 11) is -4.32. The molecule has 2 aromatic carbocycles. The molecule has 0 unspecified atom stereocenters. The molecule has 0 atom stereocenters. The van der Waals surface area contributed by atoms with Gasteiger partial charge in [0, 0.05) is 13.1 Å². The van der Waals surface area contributed by atoms with E-state index in [1.165, 1.54) is 6.08 Å². The Kier molecular flexibility index (Phi) is 6.98. The molecule has 2 rings (SSSR count). The van der Waals surface area contributed by atoms with Gasteiger partial charge in [0.25, 0.3) is 0 Å². The van der Waals surface area contributed by atoms with Gasteiger partial charge in [-0.2, -0.15) is 17.5 Å². The van der Waals surface area contributed by atoms with Gasteiger partial charge in [0.2, 0.25) is 15.9 Å². The van der Waals surface area contributed by atoms with E-state index in [0.29, 0.717) is 6.07 Å². The number of sulfonamides is 1. The number of nitrogens with zero attached hydrogens (tertiary/aromatic N) is 1. The number of alkyl halides is 3. The monoisotopic (exact) mass is 412 g/mol. The first-order chi connectivity index (χ1) is 13.1. The summed E-state index contributed by atoms with van der Waals surface area (Å²) in [4.78, 5) is 11.6. The summed E-state index contributed by atoms with van der Waals surface area (Å²) in [5, 5.41) is 2.59. The molecule has 0 aliphatic rings. The van der Waals surface area contributed by atoms with Crippen molar-refractivity contribution < 1.29 is 26.4 Å². The second-order valence-corrected chi connectivity index (χ2v) is 7.81. The van der Waals surface area contributed by atoms with Crippen molar-refractivity contribution in [3.05, 3.63) is 78.4 Å². The highest BCUT2D eigenvalue weighted by atomic mass is 32.2. The average molecular weight is 412 g/mol. The Morgan fingerprint density at radius 1 is 1.11 bits per heavy atom. The standard InChI is InChI=1S/C19H19F3N2O3S/c1-2-11-24(14-18(25)23-13-15-7-4-3-5-8-15)28(26,27)17-10-6-9-16(12-17)19(20,21)22/h2-10,12H,1,11,13-14H2,(H,23,25). The minimum absolute atomic E-state index is 0.200.